The molecule has 2 atom stereocenters. The fourth-order valence-corrected chi connectivity index (χ4v) is 3.07. The van der Waals surface area contributed by atoms with E-state index in [1.54, 1.807) is 32.0 Å². The summed E-state index contributed by atoms with van der Waals surface area (Å²) in [5.41, 5.74) is -0.836. The fraction of sp³-hybridized carbons (Fsp3) is 0.444. The summed E-state index contributed by atoms with van der Waals surface area (Å²) in [6.45, 7) is 4.86. The first-order valence-corrected chi connectivity index (χ1v) is 8.87. The van der Waals surface area contributed by atoms with Gasteiger partial charge in [0, 0.05) is 6.54 Å². The minimum Gasteiger partial charge on any atom is -0.454 e. The van der Waals surface area contributed by atoms with E-state index in [0.717, 1.165) is 4.90 Å². The van der Waals surface area contributed by atoms with Crippen LogP contribution in [-0.4, -0.2) is 54.6 Å². The van der Waals surface area contributed by atoms with Crippen LogP contribution in [0.4, 0.5) is 4.79 Å². The maximum Gasteiger partial charge on any atom is 0.325 e. The first-order valence-electron chi connectivity index (χ1n) is 8.87. The van der Waals surface area contributed by atoms with Gasteiger partial charge in [-0.25, -0.2) is 4.79 Å². The van der Waals surface area contributed by atoms with Crippen LogP contribution in [0.25, 0.3) is 0 Å². The highest BCUT2D eigenvalue weighted by molar-refractivity contribution is 6.09. The van der Waals surface area contributed by atoms with Gasteiger partial charge in [-0.1, -0.05) is 6.07 Å². The summed E-state index contributed by atoms with van der Waals surface area (Å²) >= 11 is 0. The van der Waals surface area contributed by atoms with E-state index in [9.17, 15) is 19.2 Å². The van der Waals surface area contributed by atoms with Crippen LogP contribution >= 0.6 is 0 Å². The van der Waals surface area contributed by atoms with Crippen LogP contribution in [0.2, 0.25) is 0 Å². The average molecular weight is 390 g/mol. The standard InChI is InChI=1S/C18H22N4O6/c1-4-19-15(24)10(2)20-14(23)8-22-16(25)18(3,21-17(22)26)11-5-6-12-13(7-11)28-9-27-12/h5-7,10H,4,8-9H2,1-3H3,(H,19,24)(H,20,23)(H,21,26)/t10-,18+/m0/s1. The zero-order valence-electron chi connectivity index (χ0n) is 15.8. The van der Waals surface area contributed by atoms with Crippen LogP contribution in [0.5, 0.6) is 11.5 Å². The van der Waals surface area contributed by atoms with E-state index >= 15 is 0 Å². The highest BCUT2D eigenvalue weighted by Crippen LogP contribution is 2.37. The second-order valence-electron chi connectivity index (χ2n) is 6.70. The molecule has 3 rings (SSSR count). The first-order chi connectivity index (χ1) is 13.3. The summed E-state index contributed by atoms with van der Waals surface area (Å²) in [5.74, 6) is -0.500. The number of amides is 5. The molecule has 0 aliphatic carbocycles. The molecule has 1 aromatic carbocycles. The molecule has 10 heteroatoms. The lowest BCUT2D eigenvalue weighted by molar-refractivity contribution is -0.135. The highest BCUT2D eigenvalue weighted by atomic mass is 16.7. The van der Waals surface area contributed by atoms with Crippen LogP contribution < -0.4 is 25.4 Å². The van der Waals surface area contributed by atoms with E-state index in [-0.39, 0.29) is 12.7 Å². The van der Waals surface area contributed by atoms with Gasteiger partial charge in [-0.2, -0.15) is 0 Å². The summed E-state index contributed by atoms with van der Waals surface area (Å²) in [4.78, 5) is 50.0. The summed E-state index contributed by atoms with van der Waals surface area (Å²) < 4.78 is 10.6. The Morgan fingerprint density at radius 3 is 2.71 bits per heavy atom. The molecule has 2 aliphatic rings. The monoisotopic (exact) mass is 390 g/mol. The van der Waals surface area contributed by atoms with Gasteiger partial charge in [0.2, 0.25) is 18.6 Å². The maximum atomic E-state index is 12.9. The summed E-state index contributed by atoms with van der Waals surface area (Å²) in [6.07, 6.45) is 0. The number of urea groups is 1. The van der Waals surface area contributed by atoms with Crippen LogP contribution in [0.15, 0.2) is 18.2 Å². The van der Waals surface area contributed by atoms with Crippen LogP contribution in [-0.2, 0) is 19.9 Å². The number of carbonyl (C=O) groups is 4. The molecule has 3 N–H and O–H groups in total. The van der Waals surface area contributed by atoms with Gasteiger partial charge >= 0.3 is 6.03 Å². The Kier molecular flexibility index (Phi) is 5.12. The molecule has 0 radical (unpaired) electrons. The van der Waals surface area contributed by atoms with Gasteiger partial charge < -0.3 is 25.4 Å². The molecule has 10 nitrogen and oxygen atoms in total. The SMILES string of the molecule is CCNC(=O)[C@H](C)NC(=O)CN1C(=O)N[C@](C)(c2ccc3c(c2)OCO3)C1=O. The molecule has 1 fully saturated rings. The molecule has 0 spiro atoms. The van der Waals surface area contributed by atoms with Crippen molar-refractivity contribution in [2.75, 3.05) is 19.9 Å². The molecule has 0 unspecified atom stereocenters. The molecule has 2 aliphatic heterocycles. The molecular weight excluding hydrogens is 368 g/mol. The zero-order valence-corrected chi connectivity index (χ0v) is 15.8. The topological polar surface area (TPSA) is 126 Å². The van der Waals surface area contributed by atoms with Gasteiger partial charge in [0.05, 0.1) is 0 Å². The third kappa shape index (κ3) is 3.45. The number of carbonyl (C=O) groups excluding carboxylic acids is 4. The molecule has 28 heavy (non-hydrogen) atoms. The van der Waals surface area contributed by atoms with Crippen molar-refractivity contribution < 1.29 is 28.7 Å². The molecule has 150 valence electrons. The van der Waals surface area contributed by atoms with Gasteiger partial charge in [0.25, 0.3) is 5.91 Å². The third-order valence-electron chi connectivity index (χ3n) is 4.65. The molecule has 1 saturated heterocycles. The predicted molar refractivity (Wildman–Crippen MR) is 96.5 cm³/mol. The number of fused-ring (bicyclic) bond motifs is 1. The average Bonchev–Trinajstić information content (AvgIpc) is 3.20. The number of ether oxygens (including phenoxy) is 2. The van der Waals surface area contributed by atoms with E-state index in [2.05, 4.69) is 16.0 Å². The molecule has 0 aromatic heterocycles. The Hall–Kier alpha value is -3.30. The van der Waals surface area contributed by atoms with E-state index < -0.39 is 36.0 Å². The molecular formula is C18H22N4O6. The Balaban J connectivity index is 1.71. The normalized spacial score (nSPS) is 21.3. The van der Waals surface area contributed by atoms with E-state index in [1.165, 1.54) is 6.92 Å². The second kappa shape index (κ2) is 7.37. The Morgan fingerprint density at radius 1 is 1.29 bits per heavy atom. The lowest BCUT2D eigenvalue weighted by Crippen LogP contribution is -2.49. The molecule has 5 amide bonds. The summed E-state index contributed by atoms with van der Waals surface area (Å²) in [7, 11) is 0. The number of nitrogens with zero attached hydrogens (tertiary/aromatic N) is 1. The molecule has 1 aromatic rings. The van der Waals surface area contributed by atoms with Gasteiger partial charge in [-0.3, -0.25) is 19.3 Å². The molecule has 0 saturated carbocycles. The van der Waals surface area contributed by atoms with Crippen molar-refractivity contribution in [2.45, 2.75) is 32.4 Å². The second-order valence-corrected chi connectivity index (χ2v) is 6.70. The first kappa shape index (κ1) is 19.5. The maximum absolute atomic E-state index is 12.9. The Bertz CT molecular complexity index is 841. The van der Waals surface area contributed by atoms with Gasteiger partial charge in [-0.15, -0.1) is 0 Å². The predicted octanol–water partition coefficient (Wildman–Crippen LogP) is -0.177. The lowest BCUT2D eigenvalue weighted by atomic mass is 9.91. The molecule has 2 heterocycles. The van der Waals surface area contributed by atoms with E-state index in [1.807, 2.05) is 0 Å². The van der Waals surface area contributed by atoms with Crippen molar-refractivity contribution in [3.63, 3.8) is 0 Å². The zero-order chi connectivity index (χ0) is 20.5. The summed E-state index contributed by atoms with van der Waals surface area (Å²) in [6, 6.07) is 3.47. The fourth-order valence-electron chi connectivity index (χ4n) is 3.07. The van der Waals surface area contributed by atoms with E-state index in [4.69, 9.17) is 9.47 Å². The van der Waals surface area contributed by atoms with E-state index in [0.29, 0.717) is 23.6 Å². The number of hydrogen-bond donors (Lipinski definition) is 3. The number of likely N-dealkylation sites (N-methyl/N-ethyl adjacent to an activating group) is 1. The minimum absolute atomic E-state index is 0.0892. The molecule has 0 bridgehead atoms. The number of imide groups is 1. The lowest BCUT2D eigenvalue weighted by Gasteiger charge is -2.22. The van der Waals surface area contributed by atoms with Crippen molar-refractivity contribution in [2.24, 2.45) is 0 Å². The number of hydrogen-bond acceptors (Lipinski definition) is 6. The summed E-state index contributed by atoms with van der Waals surface area (Å²) in [5, 5.41) is 7.67. The van der Waals surface area contributed by atoms with Crippen LogP contribution in [0.1, 0.15) is 26.3 Å². The largest absolute Gasteiger partial charge is 0.454 e. The van der Waals surface area contributed by atoms with Crippen LogP contribution in [0.3, 0.4) is 0 Å². The van der Waals surface area contributed by atoms with Crippen molar-refractivity contribution >= 4 is 23.8 Å². The Morgan fingerprint density at radius 2 is 2.00 bits per heavy atom. The van der Waals surface area contributed by atoms with Gasteiger partial charge in [-0.05, 0) is 38.5 Å². The van der Waals surface area contributed by atoms with Crippen molar-refractivity contribution in [1.29, 1.82) is 0 Å². The van der Waals surface area contributed by atoms with Crippen LogP contribution in [0, 0.1) is 0 Å². The van der Waals surface area contributed by atoms with Gasteiger partial charge in [0.15, 0.2) is 11.5 Å². The minimum atomic E-state index is -1.34. The highest BCUT2D eigenvalue weighted by Gasteiger charge is 2.50. The smallest absolute Gasteiger partial charge is 0.325 e. The Labute approximate surface area is 161 Å². The van der Waals surface area contributed by atoms with Crippen molar-refractivity contribution in [1.82, 2.24) is 20.9 Å². The van der Waals surface area contributed by atoms with Gasteiger partial charge in [0.1, 0.15) is 18.1 Å². The van der Waals surface area contributed by atoms with Crippen molar-refractivity contribution in [3.05, 3.63) is 23.8 Å². The third-order valence-corrected chi connectivity index (χ3v) is 4.65. The number of benzene rings is 1. The quantitative estimate of drug-likeness (QED) is 0.579. The van der Waals surface area contributed by atoms with Crippen molar-refractivity contribution in [3.8, 4) is 11.5 Å². The number of rotatable bonds is 6. The number of nitrogens with one attached hydrogen (secondary N) is 3.